The molecule has 19 heavy (non-hydrogen) atoms. The fourth-order valence-electron chi connectivity index (χ4n) is 1.34. The van der Waals surface area contributed by atoms with Gasteiger partial charge >= 0.3 is 11.9 Å². The van der Waals surface area contributed by atoms with Gasteiger partial charge in [-0.25, -0.2) is 9.59 Å². The molecule has 1 N–H and O–H groups in total. The van der Waals surface area contributed by atoms with E-state index in [1.54, 1.807) is 39.8 Å². The minimum atomic E-state index is -1.05. The van der Waals surface area contributed by atoms with Crippen LogP contribution in [0.4, 0.5) is 0 Å². The van der Waals surface area contributed by atoms with Crippen LogP contribution in [0.3, 0.4) is 0 Å². The zero-order valence-corrected chi connectivity index (χ0v) is 11.5. The summed E-state index contributed by atoms with van der Waals surface area (Å²) < 4.78 is 10.5. The normalized spacial score (nSPS) is 12.6. The first kappa shape index (κ1) is 15.0. The zero-order chi connectivity index (χ0) is 14.6. The lowest BCUT2D eigenvalue weighted by molar-refractivity contribution is -0.162. The fraction of sp³-hybridized carbons (Fsp3) is 0.429. The number of hydrogen-bond donors (Lipinski definition) is 1. The van der Waals surface area contributed by atoms with Crippen molar-refractivity contribution in [3.63, 3.8) is 0 Å². The third-order valence-electron chi connectivity index (χ3n) is 2.13. The summed E-state index contributed by atoms with van der Waals surface area (Å²) in [4.78, 5) is 22.5. The van der Waals surface area contributed by atoms with Crippen molar-refractivity contribution in [3.8, 4) is 5.75 Å². The molecular weight excluding hydrogens is 248 g/mol. The van der Waals surface area contributed by atoms with E-state index in [0.717, 1.165) is 0 Å². The lowest BCUT2D eigenvalue weighted by atomic mass is 10.2. The molecule has 0 radical (unpaired) electrons. The third-order valence-corrected chi connectivity index (χ3v) is 2.13. The van der Waals surface area contributed by atoms with Crippen molar-refractivity contribution in [3.05, 3.63) is 29.8 Å². The molecule has 1 aromatic rings. The van der Waals surface area contributed by atoms with Gasteiger partial charge in [0.05, 0.1) is 5.56 Å². The minimum Gasteiger partial charge on any atom is -0.479 e. The summed E-state index contributed by atoms with van der Waals surface area (Å²) in [6.07, 6.45) is -0.803. The van der Waals surface area contributed by atoms with E-state index in [0.29, 0.717) is 5.75 Å². The van der Waals surface area contributed by atoms with Gasteiger partial charge in [-0.2, -0.15) is 0 Å². The molecule has 0 aromatic heterocycles. The van der Waals surface area contributed by atoms with Crippen molar-refractivity contribution in [1.29, 1.82) is 0 Å². The average molecular weight is 266 g/mol. The molecule has 0 aliphatic rings. The lowest BCUT2D eigenvalue weighted by Crippen LogP contribution is -2.33. The Bertz CT molecular complexity index is 473. The smallest absolute Gasteiger partial charge is 0.347 e. The highest BCUT2D eigenvalue weighted by Crippen LogP contribution is 2.17. The number of ether oxygens (including phenoxy) is 2. The van der Waals surface area contributed by atoms with E-state index >= 15 is 0 Å². The maximum absolute atomic E-state index is 11.7. The molecule has 0 amide bonds. The van der Waals surface area contributed by atoms with E-state index in [-0.39, 0.29) is 5.56 Å². The second-order valence-corrected chi connectivity index (χ2v) is 5.13. The van der Waals surface area contributed by atoms with Gasteiger partial charge in [0.25, 0.3) is 0 Å². The summed E-state index contributed by atoms with van der Waals surface area (Å²) in [5, 5.41) is 8.86. The number of rotatable bonds is 4. The third kappa shape index (κ3) is 4.99. The Morgan fingerprint density at radius 1 is 1.26 bits per heavy atom. The van der Waals surface area contributed by atoms with Gasteiger partial charge in [-0.15, -0.1) is 0 Å². The van der Waals surface area contributed by atoms with Crippen LogP contribution in [0.15, 0.2) is 24.3 Å². The number of carbonyl (C=O) groups is 2. The predicted octanol–water partition coefficient (Wildman–Crippen LogP) is 2.49. The highest BCUT2D eigenvalue weighted by atomic mass is 16.6. The highest BCUT2D eigenvalue weighted by molar-refractivity contribution is 5.88. The molecule has 0 heterocycles. The van der Waals surface area contributed by atoms with Crippen LogP contribution in [0.5, 0.6) is 5.75 Å². The largest absolute Gasteiger partial charge is 0.479 e. The first-order chi connectivity index (χ1) is 8.69. The summed E-state index contributed by atoms with van der Waals surface area (Å²) in [5.41, 5.74) is -0.480. The lowest BCUT2D eigenvalue weighted by Gasteiger charge is -2.22. The topological polar surface area (TPSA) is 72.8 Å². The van der Waals surface area contributed by atoms with Crippen LogP contribution in [-0.4, -0.2) is 28.8 Å². The fourth-order valence-corrected chi connectivity index (χ4v) is 1.34. The standard InChI is InChI=1S/C14H18O5/c1-9(13(17)19-14(2,3)4)18-11-7-5-6-10(8-11)12(15)16/h5-9H,1-4H3,(H,15,16). The molecule has 104 valence electrons. The molecule has 1 atom stereocenters. The van der Waals surface area contributed by atoms with Crippen molar-refractivity contribution in [2.24, 2.45) is 0 Å². The van der Waals surface area contributed by atoms with E-state index < -0.39 is 23.6 Å². The molecular formula is C14H18O5. The molecule has 1 aromatic carbocycles. The molecule has 0 fully saturated rings. The maximum Gasteiger partial charge on any atom is 0.347 e. The molecule has 5 nitrogen and oxygen atoms in total. The minimum absolute atomic E-state index is 0.105. The molecule has 1 unspecified atom stereocenters. The number of carbonyl (C=O) groups excluding carboxylic acids is 1. The van der Waals surface area contributed by atoms with Gasteiger partial charge in [-0.05, 0) is 45.9 Å². The van der Waals surface area contributed by atoms with E-state index in [1.165, 1.54) is 12.1 Å². The van der Waals surface area contributed by atoms with Gasteiger partial charge in [-0.1, -0.05) is 6.07 Å². The Kier molecular flexibility index (Phi) is 4.53. The second-order valence-electron chi connectivity index (χ2n) is 5.13. The van der Waals surface area contributed by atoms with E-state index in [9.17, 15) is 9.59 Å². The number of benzene rings is 1. The van der Waals surface area contributed by atoms with E-state index in [1.807, 2.05) is 0 Å². The summed E-state index contributed by atoms with van der Waals surface area (Å²) >= 11 is 0. The van der Waals surface area contributed by atoms with Crippen molar-refractivity contribution in [2.45, 2.75) is 39.4 Å². The number of esters is 1. The van der Waals surface area contributed by atoms with Crippen LogP contribution in [0.1, 0.15) is 38.1 Å². The molecule has 0 spiro atoms. The quantitative estimate of drug-likeness (QED) is 0.847. The van der Waals surface area contributed by atoms with E-state index in [4.69, 9.17) is 14.6 Å². The number of hydrogen-bond acceptors (Lipinski definition) is 4. The van der Waals surface area contributed by atoms with Crippen LogP contribution >= 0.6 is 0 Å². The Balaban J connectivity index is 2.71. The van der Waals surface area contributed by atoms with Gasteiger partial charge in [0.2, 0.25) is 0 Å². The van der Waals surface area contributed by atoms with Crippen molar-refractivity contribution < 1.29 is 24.2 Å². The van der Waals surface area contributed by atoms with Crippen LogP contribution in [0.25, 0.3) is 0 Å². The number of aromatic carboxylic acids is 1. The van der Waals surface area contributed by atoms with Crippen LogP contribution in [0, 0.1) is 0 Å². The Morgan fingerprint density at radius 3 is 2.42 bits per heavy atom. The van der Waals surface area contributed by atoms with Crippen LogP contribution in [0.2, 0.25) is 0 Å². The van der Waals surface area contributed by atoms with Gasteiger partial charge in [0.15, 0.2) is 6.10 Å². The predicted molar refractivity (Wildman–Crippen MR) is 69.3 cm³/mol. The van der Waals surface area contributed by atoms with E-state index in [2.05, 4.69) is 0 Å². The first-order valence-electron chi connectivity index (χ1n) is 5.92. The first-order valence-corrected chi connectivity index (χ1v) is 5.92. The summed E-state index contributed by atoms with van der Waals surface area (Å²) in [7, 11) is 0. The summed E-state index contributed by atoms with van der Waals surface area (Å²) in [6, 6.07) is 5.96. The van der Waals surface area contributed by atoms with Crippen molar-refractivity contribution >= 4 is 11.9 Å². The number of carboxylic acids is 1. The van der Waals surface area contributed by atoms with Crippen molar-refractivity contribution in [1.82, 2.24) is 0 Å². The molecule has 0 aliphatic heterocycles. The van der Waals surface area contributed by atoms with Crippen LogP contribution < -0.4 is 4.74 Å². The van der Waals surface area contributed by atoms with Crippen molar-refractivity contribution in [2.75, 3.05) is 0 Å². The molecule has 5 heteroatoms. The maximum atomic E-state index is 11.7. The highest BCUT2D eigenvalue weighted by Gasteiger charge is 2.23. The average Bonchev–Trinajstić information content (AvgIpc) is 2.27. The van der Waals surface area contributed by atoms with Gasteiger partial charge in [0.1, 0.15) is 11.4 Å². The molecule has 0 aliphatic carbocycles. The summed E-state index contributed by atoms with van der Waals surface area (Å²) in [6.45, 7) is 6.86. The van der Waals surface area contributed by atoms with Gasteiger partial charge in [-0.3, -0.25) is 0 Å². The second kappa shape index (κ2) is 5.73. The summed E-state index contributed by atoms with van der Waals surface area (Å²) in [5.74, 6) is -1.22. The molecule has 0 saturated carbocycles. The molecule has 1 rings (SSSR count). The Morgan fingerprint density at radius 2 is 1.89 bits per heavy atom. The SMILES string of the molecule is CC(Oc1cccc(C(=O)O)c1)C(=O)OC(C)(C)C. The number of carboxylic acid groups (broad SMARTS) is 1. The molecule has 0 bridgehead atoms. The Hall–Kier alpha value is -2.04. The van der Waals surface area contributed by atoms with Gasteiger partial charge < -0.3 is 14.6 Å². The Labute approximate surface area is 112 Å². The van der Waals surface area contributed by atoms with Gasteiger partial charge in [0, 0.05) is 0 Å². The zero-order valence-electron chi connectivity index (χ0n) is 11.5. The monoisotopic (exact) mass is 266 g/mol. The molecule has 0 saturated heterocycles. The van der Waals surface area contributed by atoms with Crippen LogP contribution in [-0.2, 0) is 9.53 Å².